The number of aromatic nitrogens is 2. The molecule has 0 aliphatic rings. The van der Waals surface area contributed by atoms with Gasteiger partial charge in [-0.05, 0) is 30.7 Å². The molecule has 0 aliphatic carbocycles. The van der Waals surface area contributed by atoms with Gasteiger partial charge in [0.15, 0.2) is 0 Å². The van der Waals surface area contributed by atoms with Crippen LogP contribution in [0.4, 0.5) is 13.2 Å². The molecular formula is C22H16F3N3O3. The van der Waals surface area contributed by atoms with E-state index >= 15 is 0 Å². The van der Waals surface area contributed by atoms with E-state index in [4.69, 9.17) is 4.42 Å². The molecule has 2 aromatic heterocycles. The second-order valence-electron chi connectivity index (χ2n) is 6.90. The minimum absolute atomic E-state index is 0.0672. The lowest BCUT2D eigenvalue weighted by Gasteiger charge is -2.16. The lowest BCUT2D eigenvalue weighted by molar-refractivity contribution is 0.0951. The highest BCUT2D eigenvalue weighted by Gasteiger charge is 2.22. The summed E-state index contributed by atoms with van der Waals surface area (Å²) in [5.74, 6) is -2.73. The molecule has 0 fully saturated rings. The summed E-state index contributed by atoms with van der Waals surface area (Å²) in [4.78, 5) is 30.0. The molecule has 0 atom stereocenters. The molecule has 31 heavy (non-hydrogen) atoms. The first-order valence-electron chi connectivity index (χ1n) is 9.28. The highest BCUT2D eigenvalue weighted by atomic mass is 19.1. The Balaban J connectivity index is 1.79. The highest BCUT2D eigenvalue weighted by Crippen LogP contribution is 2.22. The van der Waals surface area contributed by atoms with E-state index in [0.29, 0.717) is 0 Å². The molecule has 6 nitrogen and oxygen atoms in total. The Kier molecular flexibility index (Phi) is 5.33. The van der Waals surface area contributed by atoms with E-state index in [1.54, 1.807) is 6.92 Å². The zero-order valence-corrected chi connectivity index (χ0v) is 16.3. The van der Waals surface area contributed by atoms with E-state index in [1.165, 1.54) is 29.2 Å². The molecule has 0 radical (unpaired) electrons. The third-order valence-electron chi connectivity index (χ3n) is 4.89. The number of amides is 1. The Morgan fingerprint density at radius 2 is 1.90 bits per heavy atom. The summed E-state index contributed by atoms with van der Waals surface area (Å²) in [6.45, 7) is 1.28. The number of rotatable bonds is 5. The zero-order chi connectivity index (χ0) is 22.1. The SMILES string of the molecule is Cc1c(C(=O)NCc2cc(F)cc(F)c2)c2cccc(F)c2c(=O)n1Cc1ncco1. The largest absolute Gasteiger partial charge is 0.447 e. The van der Waals surface area contributed by atoms with Crippen molar-refractivity contribution in [3.8, 4) is 0 Å². The number of fused-ring (bicyclic) bond motifs is 1. The Morgan fingerprint density at radius 3 is 2.58 bits per heavy atom. The lowest BCUT2D eigenvalue weighted by atomic mass is 10.0. The fourth-order valence-corrected chi connectivity index (χ4v) is 3.49. The van der Waals surface area contributed by atoms with Crippen molar-refractivity contribution in [2.45, 2.75) is 20.0 Å². The lowest BCUT2D eigenvalue weighted by Crippen LogP contribution is -2.31. The zero-order valence-electron chi connectivity index (χ0n) is 16.3. The quantitative estimate of drug-likeness (QED) is 0.527. The fourth-order valence-electron chi connectivity index (χ4n) is 3.49. The third-order valence-corrected chi connectivity index (χ3v) is 4.89. The average Bonchev–Trinajstić information content (AvgIpc) is 3.22. The van der Waals surface area contributed by atoms with Gasteiger partial charge in [0.25, 0.3) is 11.5 Å². The van der Waals surface area contributed by atoms with Gasteiger partial charge in [-0.3, -0.25) is 9.59 Å². The van der Waals surface area contributed by atoms with Crippen molar-refractivity contribution in [3.63, 3.8) is 0 Å². The van der Waals surface area contributed by atoms with Crippen LogP contribution in [-0.4, -0.2) is 15.5 Å². The predicted molar refractivity (Wildman–Crippen MR) is 106 cm³/mol. The van der Waals surface area contributed by atoms with Gasteiger partial charge in [0.1, 0.15) is 30.3 Å². The van der Waals surface area contributed by atoms with Gasteiger partial charge in [-0.25, -0.2) is 18.2 Å². The first-order chi connectivity index (χ1) is 14.8. The predicted octanol–water partition coefficient (Wildman–Crippen LogP) is 3.69. The van der Waals surface area contributed by atoms with Crippen LogP contribution in [0.15, 0.2) is 58.1 Å². The molecule has 4 aromatic rings. The minimum Gasteiger partial charge on any atom is -0.447 e. The van der Waals surface area contributed by atoms with Gasteiger partial charge in [0.05, 0.1) is 17.1 Å². The van der Waals surface area contributed by atoms with Crippen LogP contribution < -0.4 is 10.9 Å². The van der Waals surface area contributed by atoms with Crippen LogP contribution in [0.3, 0.4) is 0 Å². The smallest absolute Gasteiger partial charge is 0.262 e. The van der Waals surface area contributed by atoms with E-state index in [-0.39, 0.29) is 46.6 Å². The average molecular weight is 427 g/mol. The normalized spacial score (nSPS) is 11.1. The number of nitrogens with one attached hydrogen (secondary N) is 1. The van der Waals surface area contributed by atoms with E-state index in [2.05, 4.69) is 10.3 Å². The molecule has 4 rings (SSSR count). The van der Waals surface area contributed by atoms with Crippen molar-refractivity contribution in [1.82, 2.24) is 14.9 Å². The monoisotopic (exact) mass is 427 g/mol. The molecule has 0 bridgehead atoms. The fraction of sp³-hybridized carbons (Fsp3) is 0.136. The van der Waals surface area contributed by atoms with Crippen LogP contribution in [0.5, 0.6) is 0 Å². The van der Waals surface area contributed by atoms with E-state index in [9.17, 15) is 22.8 Å². The third kappa shape index (κ3) is 3.94. The molecule has 0 aliphatic heterocycles. The molecule has 0 saturated heterocycles. The van der Waals surface area contributed by atoms with Crippen LogP contribution in [0.2, 0.25) is 0 Å². The first-order valence-corrected chi connectivity index (χ1v) is 9.28. The summed E-state index contributed by atoms with van der Waals surface area (Å²) in [5, 5.41) is 2.46. The van der Waals surface area contributed by atoms with E-state index in [1.807, 2.05) is 0 Å². The highest BCUT2D eigenvalue weighted by molar-refractivity contribution is 6.07. The second kappa shape index (κ2) is 8.10. The molecule has 9 heteroatoms. The first kappa shape index (κ1) is 20.4. The van der Waals surface area contributed by atoms with Gasteiger partial charge in [-0.1, -0.05) is 12.1 Å². The number of oxazole rings is 1. The summed E-state index contributed by atoms with van der Waals surface area (Å²) in [5.41, 5.74) is -0.0820. The van der Waals surface area contributed by atoms with Gasteiger partial charge in [-0.2, -0.15) is 0 Å². The number of hydrogen-bond acceptors (Lipinski definition) is 4. The number of pyridine rings is 1. The van der Waals surface area contributed by atoms with Crippen molar-refractivity contribution in [2.24, 2.45) is 0 Å². The molecule has 2 aromatic carbocycles. The minimum atomic E-state index is -0.773. The number of carbonyl (C=O) groups is 1. The maximum atomic E-state index is 14.6. The second-order valence-corrected chi connectivity index (χ2v) is 6.90. The molecule has 0 spiro atoms. The Hall–Kier alpha value is -3.88. The Labute approximate surface area is 174 Å². The summed E-state index contributed by atoms with van der Waals surface area (Å²) in [6, 6.07) is 6.91. The van der Waals surface area contributed by atoms with Crippen molar-refractivity contribution in [3.05, 3.63) is 99.4 Å². The number of hydrogen-bond donors (Lipinski definition) is 1. The van der Waals surface area contributed by atoms with Crippen LogP contribution in [-0.2, 0) is 13.1 Å². The summed E-state index contributed by atoms with van der Waals surface area (Å²) in [7, 11) is 0. The maximum Gasteiger partial charge on any atom is 0.262 e. The van der Waals surface area contributed by atoms with Crippen LogP contribution in [0, 0.1) is 24.4 Å². The van der Waals surface area contributed by atoms with Gasteiger partial charge in [0, 0.05) is 23.7 Å². The molecule has 0 saturated carbocycles. The summed E-state index contributed by atoms with van der Waals surface area (Å²) < 4.78 is 47.8. The Bertz CT molecular complexity index is 1330. The van der Waals surface area contributed by atoms with Crippen molar-refractivity contribution in [1.29, 1.82) is 0 Å². The van der Waals surface area contributed by atoms with Gasteiger partial charge in [0.2, 0.25) is 5.89 Å². The Morgan fingerprint density at radius 1 is 1.16 bits per heavy atom. The molecular weight excluding hydrogens is 411 g/mol. The number of nitrogens with zero attached hydrogens (tertiary/aromatic N) is 2. The molecule has 0 unspecified atom stereocenters. The van der Waals surface area contributed by atoms with E-state index < -0.39 is 28.9 Å². The van der Waals surface area contributed by atoms with Crippen LogP contribution in [0.1, 0.15) is 27.5 Å². The number of benzene rings is 2. The molecule has 2 heterocycles. The summed E-state index contributed by atoms with van der Waals surface area (Å²) >= 11 is 0. The maximum absolute atomic E-state index is 14.6. The van der Waals surface area contributed by atoms with Gasteiger partial charge >= 0.3 is 0 Å². The van der Waals surface area contributed by atoms with Crippen LogP contribution in [0.25, 0.3) is 10.8 Å². The molecule has 158 valence electrons. The topological polar surface area (TPSA) is 77.1 Å². The number of carbonyl (C=O) groups excluding carboxylic acids is 1. The van der Waals surface area contributed by atoms with E-state index in [0.717, 1.165) is 24.3 Å². The van der Waals surface area contributed by atoms with Crippen molar-refractivity contribution < 1.29 is 22.4 Å². The standard InChI is InChI=1S/C22H16F3N3O3/c1-12-19(21(29)27-10-13-7-14(23)9-15(24)8-13)16-3-2-4-17(25)20(16)22(30)28(12)11-18-26-5-6-31-18/h2-9H,10-11H2,1H3,(H,27,29). The van der Waals surface area contributed by atoms with Gasteiger partial charge in [-0.15, -0.1) is 0 Å². The molecule has 1 amide bonds. The summed E-state index contributed by atoms with van der Waals surface area (Å²) in [6.07, 6.45) is 2.74. The van der Waals surface area contributed by atoms with Crippen molar-refractivity contribution >= 4 is 16.7 Å². The number of halogens is 3. The van der Waals surface area contributed by atoms with Gasteiger partial charge < -0.3 is 14.3 Å². The van der Waals surface area contributed by atoms with Crippen LogP contribution >= 0.6 is 0 Å². The molecule has 1 N–H and O–H groups in total. The van der Waals surface area contributed by atoms with Crippen molar-refractivity contribution in [2.75, 3.05) is 0 Å².